The van der Waals surface area contributed by atoms with Crippen LogP contribution in [0.5, 0.6) is 0 Å². The van der Waals surface area contributed by atoms with E-state index in [0.29, 0.717) is 12.0 Å². The van der Waals surface area contributed by atoms with Gasteiger partial charge in [-0.25, -0.2) is 13.6 Å². The molecule has 96 valence electrons. The fraction of sp³-hybridized carbons (Fsp3) is 0.250. The van der Waals surface area contributed by atoms with Gasteiger partial charge in [0.05, 0.1) is 4.47 Å². The molecular weight excluding hydrogens is 308 g/mol. The zero-order valence-corrected chi connectivity index (χ0v) is 10.9. The summed E-state index contributed by atoms with van der Waals surface area (Å²) in [7, 11) is 0. The Morgan fingerprint density at radius 1 is 1.33 bits per heavy atom. The van der Waals surface area contributed by atoms with Gasteiger partial charge in [-0.15, -0.1) is 0 Å². The minimum atomic E-state index is -1.01. The van der Waals surface area contributed by atoms with Crippen molar-refractivity contribution in [3.8, 4) is 0 Å². The van der Waals surface area contributed by atoms with Crippen molar-refractivity contribution in [2.24, 2.45) is 0 Å². The van der Waals surface area contributed by atoms with Crippen molar-refractivity contribution < 1.29 is 18.7 Å². The summed E-state index contributed by atoms with van der Waals surface area (Å²) < 4.78 is 27.2. The van der Waals surface area contributed by atoms with Gasteiger partial charge in [0.1, 0.15) is 11.6 Å². The molecule has 1 heterocycles. The molecule has 0 saturated carbocycles. The fourth-order valence-electron chi connectivity index (χ4n) is 1.86. The van der Waals surface area contributed by atoms with Crippen LogP contribution in [0.1, 0.15) is 12.0 Å². The van der Waals surface area contributed by atoms with Crippen molar-refractivity contribution in [2.75, 3.05) is 13.1 Å². The summed E-state index contributed by atoms with van der Waals surface area (Å²) >= 11 is 2.91. The molecule has 0 radical (unpaired) electrons. The Hall–Kier alpha value is -1.43. The van der Waals surface area contributed by atoms with Gasteiger partial charge in [-0.3, -0.25) is 0 Å². The van der Waals surface area contributed by atoms with E-state index in [-0.39, 0.29) is 23.1 Å². The largest absolute Gasteiger partial charge is 0.465 e. The maximum Gasteiger partial charge on any atom is 0.407 e. The van der Waals surface area contributed by atoms with Gasteiger partial charge in [-0.1, -0.05) is 6.08 Å². The van der Waals surface area contributed by atoms with Crippen LogP contribution in [-0.2, 0) is 0 Å². The van der Waals surface area contributed by atoms with Gasteiger partial charge in [0.15, 0.2) is 0 Å². The molecule has 0 unspecified atom stereocenters. The highest BCUT2D eigenvalue weighted by Crippen LogP contribution is 2.28. The standard InChI is InChI=1S/C12H10BrF2NO2/c13-9-6-10(14)8(5-11(9)15)7-1-3-16(4-2-7)12(17)18/h1,5-6H,2-4H2,(H,17,18). The lowest BCUT2D eigenvalue weighted by molar-refractivity contribution is 0.150. The van der Waals surface area contributed by atoms with Crippen LogP contribution in [0.2, 0.25) is 0 Å². The number of carbonyl (C=O) groups is 1. The van der Waals surface area contributed by atoms with Crippen LogP contribution in [0, 0.1) is 11.6 Å². The van der Waals surface area contributed by atoms with Crippen LogP contribution in [-0.4, -0.2) is 29.2 Å². The van der Waals surface area contributed by atoms with Crippen molar-refractivity contribution in [1.29, 1.82) is 0 Å². The van der Waals surface area contributed by atoms with Gasteiger partial charge >= 0.3 is 6.09 Å². The molecule has 1 aromatic carbocycles. The highest BCUT2D eigenvalue weighted by Gasteiger charge is 2.19. The molecule has 0 saturated heterocycles. The lowest BCUT2D eigenvalue weighted by Gasteiger charge is -2.24. The molecule has 1 aliphatic heterocycles. The first kappa shape index (κ1) is 13.0. The summed E-state index contributed by atoms with van der Waals surface area (Å²) in [6, 6.07) is 2.21. The number of halogens is 3. The van der Waals surface area contributed by atoms with Gasteiger partial charge in [-0.2, -0.15) is 0 Å². The molecule has 2 rings (SSSR count). The number of hydrogen-bond donors (Lipinski definition) is 1. The zero-order valence-electron chi connectivity index (χ0n) is 9.29. The maximum atomic E-state index is 13.7. The maximum absolute atomic E-state index is 13.7. The number of carboxylic acid groups (broad SMARTS) is 1. The highest BCUT2D eigenvalue weighted by atomic mass is 79.9. The van der Waals surface area contributed by atoms with E-state index in [1.807, 2.05) is 0 Å². The zero-order chi connectivity index (χ0) is 13.3. The first-order chi connectivity index (χ1) is 8.49. The van der Waals surface area contributed by atoms with Crippen LogP contribution in [0.25, 0.3) is 5.57 Å². The van der Waals surface area contributed by atoms with Crippen molar-refractivity contribution >= 4 is 27.6 Å². The van der Waals surface area contributed by atoms with E-state index in [1.54, 1.807) is 6.08 Å². The van der Waals surface area contributed by atoms with Crippen LogP contribution in [0.3, 0.4) is 0 Å². The molecule has 6 heteroatoms. The minimum Gasteiger partial charge on any atom is -0.465 e. The van der Waals surface area contributed by atoms with E-state index in [2.05, 4.69) is 15.9 Å². The number of amides is 1. The molecule has 1 N–H and O–H groups in total. The Bertz CT molecular complexity index is 531. The molecule has 1 amide bonds. The Labute approximate surface area is 111 Å². The Balaban J connectivity index is 2.29. The van der Waals surface area contributed by atoms with Crippen molar-refractivity contribution in [2.45, 2.75) is 6.42 Å². The van der Waals surface area contributed by atoms with Gasteiger partial charge in [0.25, 0.3) is 0 Å². The predicted octanol–water partition coefficient (Wildman–Crippen LogP) is 3.49. The van der Waals surface area contributed by atoms with E-state index in [1.165, 1.54) is 4.90 Å². The predicted molar refractivity (Wildman–Crippen MR) is 66.2 cm³/mol. The number of benzene rings is 1. The molecule has 3 nitrogen and oxygen atoms in total. The fourth-order valence-corrected chi connectivity index (χ4v) is 2.17. The number of rotatable bonds is 1. The molecule has 0 spiro atoms. The van der Waals surface area contributed by atoms with Crippen molar-refractivity contribution in [3.05, 3.63) is 39.9 Å². The SMILES string of the molecule is O=C(O)N1CC=C(c2cc(F)c(Br)cc2F)CC1. The molecule has 0 fully saturated rings. The van der Waals surface area contributed by atoms with E-state index >= 15 is 0 Å². The Morgan fingerprint density at radius 2 is 2.06 bits per heavy atom. The lowest BCUT2D eigenvalue weighted by atomic mass is 9.99. The molecule has 0 aromatic heterocycles. The molecular formula is C12H10BrF2NO2. The van der Waals surface area contributed by atoms with Gasteiger partial charge < -0.3 is 10.0 Å². The van der Waals surface area contributed by atoms with Crippen LogP contribution < -0.4 is 0 Å². The second kappa shape index (κ2) is 5.06. The Kier molecular flexibility index (Phi) is 3.65. The third kappa shape index (κ3) is 2.53. The number of nitrogens with zero attached hydrogens (tertiary/aromatic N) is 1. The van der Waals surface area contributed by atoms with E-state index in [0.717, 1.165) is 12.1 Å². The summed E-state index contributed by atoms with van der Waals surface area (Å²) in [6.07, 6.45) is 0.987. The summed E-state index contributed by atoms with van der Waals surface area (Å²) in [5, 5.41) is 8.79. The molecule has 0 atom stereocenters. The van der Waals surface area contributed by atoms with Crippen LogP contribution in [0.15, 0.2) is 22.7 Å². The average Bonchev–Trinajstić information content (AvgIpc) is 2.34. The van der Waals surface area contributed by atoms with E-state index < -0.39 is 17.7 Å². The van der Waals surface area contributed by atoms with Crippen molar-refractivity contribution in [3.63, 3.8) is 0 Å². The molecule has 1 aliphatic rings. The first-order valence-electron chi connectivity index (χ1n) is 5.31. The van der Waals surface area contributed by atoms with Crippen molar-refractivity contribution in [1.82, 2.24) is 4.90 Å². The minimum absolute atomic E-state index is 0.0762. The quantitative estimate of drug-likeness (QED) is 0.805. The van der Waals surface area contributed by atoms with Crippen LogP contribution in [0.4, 0.5) is 13.6 Å². The molecule has 1 aromatic rings. The Morgan fingerprint density at radius 3 is 2.61 bits per heavy atom. The second-order valence-electron chi connectivity index (χ2n) is 3.95. The third-order valence-electron chi connectivity index (χ3n) is 2.84. The topological polar surface area (TPSA) is 40.5 Å². The smallest absolute Gasteiger partial charge is 0.407 e. The lowest BCUT2D eigenvalue weighted by Crippen LogP contribution is -2.33. The number of hydrogen-bond acceptors (Lipinski definition) is 1. The van der Waals surface area contributed by atoms with E-state index in [4.69, 9.17) is 5.11 Å². The normalized spacial score (nSPS) is 15.5. The van der Waals surface area contributed by atoms with E-state index in [9.17, 15) is 13.6 Å². The average molecular weight is 318 g/mol. The van der Waals surface area contributed by atoms with Gasteiger partial charge in [0, 0.05) is 18.7 Å². The molecule has 0 aliphatic carbocycles. The second-order valence-corrected chi connectivity index (χ2v) is 4.81. The van der Waals surface area contributed by atoms with Gasteiger partial charge in [-0.05, 0) is 40.1 Å². The van der Waals surface area contributed by atoms with Gasteiger partial charge in [0.2, 0.25) is 0 Å². The molecule has 0 bridgehead atoms. The summed E-state index contributed by atoms with van der Waals surface area (Å²) in [4.78, 5) is 11.9. The first-order valence-corrected chi connectivity index (χ1v) is 6.10. The monoisotopic (exact) mass is 317 g/mol. The summed E-state index contributed by atoms with van der Waals surface area (Å²) in [5.74, 6) is -1.05. The highest BCUT2D eigenvalue weighted by molar-refractivity contribution is 9.10. The summed E-state index contributed by atoms with van der Waals surface area (Å²) in [6.45, 7) is 0.486. The molecule has 18 heavy (non-hydrogen) atoms. The third-order valence-corrected chi connectivity index (χ3v) is 3.44. The summed E-state index contributed by atoms with van der Waals surface area (Å²) in [5.41, 5.74) is 0.831. The van der Waals surface area contributed by atoms with Crippen LogP contribution >= 0.6 is 15.9 Å².